The summed E-state index contributed by atoms with van der Waals surface area (Å²) in [6.07, 6.45) is 3.00. The predicted molar refractivity (Wildman–Crippen MR) is 375 cm³/mol. The van der Waals surface area contributed by atoms with Crippen molar-refractivity contribution in [3.05, 3.63) is 129 Å². The molecular weight excluding hydrogens is 1380 g/mol. The molecule has 9 heterocycles. The number of halogens is 1. The molecule has 0 aliphatic carbocycles. The minimum Gasteiger partial charge on any atom is -0.383 e. The number of carbonyl (C=O) groups is 7. The number of pyridine rings is 6. The van der Waals surface area contributed by atoms with Crippen LogP contribution >= 0.6 is 11.6 Å². The van der Waals surface area contributed by atoms with Gasteiger partial charge >= 0.3 is 18.1 Å². The Bertz CT molecular complexity index is 4130. The van der Waals surface area contributed by atoms with E-state index in [1.807, 2.05) is 12.1 Å². The Hall–Kier alpha value is -11.2. The largest absolute Gasteiger partial charge is 0.383 e. The van der Waals surface area contributed by atoms with E-state index in [1.54, 1.807) is 84.5 Å². The molecule has 6 aromatic heterocycles. The summed E-state index contributed by atoms with van der Waals surface area (Å²) in [5.41, 5.74) is 4.95. The maximum Gasteiger partial charge on any atom is 0.328 e. The maximum atomic E-state index is 13.0. The van der Waals surface area contributed by atoms with Gasteiger partial charge in [-0.2, -0.15) is 15.8 Å². The zero-order valence-corrected chi connectivity index (χ0v) is 59.3. The Morgan fingerprint density at radius 3 is 1.22 bits per heavy atom. The number of hydrogen-bond acceptors (Lipinski definition) is 27. The Morgan fingerprint density at radius 1 is 0.538 bits per heavy atom. The fourth-order valence-electron chi connectivity index (χ4n) is 9.93. The quantitative estimate of drug-likeness (QED) is 0.0248. The Kier molecular flexibility index (Phi) is 31.1. The molecule has 9 amide bonds. The number of rotatable bonds is 27. The Morgan fingerprint density at radius 2 is 0.885 bits per heavy atom. The summed E-state index contributed by atoms with van der Waals surface area (Å²) < 4.78 is 47.1. The molecule has 0 unspecified atom stereocenters. The van der Waals surface area contributed by atoms with E-state index in [0.717, 1.165) is 11.1 Å². The fraction of sp³-hybridized carbons (Fsp3) is 0.403. The normalized spacial score (nSPS) is 13.4. The number of anilines is 8. The molecule has 0 spiro atoms. The lowest BCUT2D eigenvalue weighted by atomic mass is 10.1. The lowest BCUT2D eigenvalue weighted by Crippen LogP contribution is -2.41. The molecule has 37 heteroatoms. The van der Waals surface area contributed by atoms with Crippen LogP contribution in [0.15, 0.2) is 73.2 Å². The maximum absolute atomic E-state index is 13.0. The fourth-order valence-corrected chi connectivity index (χ4v) is 10.1. The van der Waals surface area contributed by atoms with Gasteiger partial charge in [0.1, 0.15) is 90.0 Å². The molecule has 0 saturated carbocycles. The lowest BCUT2D eigenvalue weighted by molar-refractivity contribution is -0.144. The molecule has 9 rings (SSSR count). The Balaban J connectivity index is 0.000000219. The van der Waals surface area contributed by atoms with Gasteiger partial charge in [0.2, 0.25) is 30.3 Å². The van der Waals surface area contributed by atoms with Crippen LogP contribution in [0.2, 0.25) is 5.02 Å². The lowest BCUT2D eigenvalue weighted by Gasteiger charge is -2.28. The van der Waals surface area contributed by atoms with Gasteiger partial charge in [-0.15, -0.1) is 0 Å². The number of nitrogens with one attached hydrogen (secondary N) is 5. The van der Waals surface area contributed by atoms with Crippen molar-refractivity contribution in [3.63, 3.8) is 0 Å². The minimum atomic E-state index is -0.802. The van der Waals surface area contributed by atoms with Gasteiger partial charge in [0.15, 0.2) is 6.29 Å². The van der Waals surface area contributed by atoms with Crippen LogP contribution < -0.4 is 41.3 Å². The second-order valence-electron chi connectivity index (χ2n) is 22.4. The summed E-state index contributed by atoms with van der Waals surface area (Å²) in [6.45, 7) is 5.49. The molecule has 104 heavy (non-hydrogen) atoms. The van der Waals surface area contributed by atoms with Gasteiger partial charge < -0.3 is 68.0 Å². The topological polar surface area (TPSA) is 431 Å². The molecule has 550 valence electrons. The summed E-state index contributed by atoms with van der Waals surface area (Å²) in [4.78, 5) is 121. The van der Waals surface area contributed by atoms with E-state index in [9.17, 15) is 44.1 Å². The van der Waals surface area contributed by atoms with E-state index < -0.39 is 30.7 Å². The highest BCUT2D eigenvalue weighted by molar-refractivity contribution is 6.32. The molecule has 0 atom stereocenters. The number of ether oxygens (including phenoxy) is 9. The number of carbonyl (C=O) groups excluding carboxylic acids is 7. The van der Waals surface area contributed by atoms with Crippen molar-refractivity contribution in [2.24, 2.45) is 0 Å². The first-order valence-electron chi connectivity index (χ1n) is 31.8. The summed E-state index contributed by atoms with van der Waals surface area (Å²) >= 11 is 6.00. The Labute approximate surface area is 603 Å². The highest BCUT2D eigenvalue weighted by Gasteiger charge is 2.29. The van der Waals surface area contributed by atoms with E-state index in [0.29, 0.717) is 136 Å². The minimum absolute atomic E-state index is 0.0117. The van der Waals surface area contributed by atoms with Crippen LogP contribution in [0.1, 0.15) is 67.8 Å². The van der Waals surface area contributed by atoms with Gasteiger partial charge in [-0.3, -0.25) is 49.8 Å². The van der Waals surface area contributed by atoms with Crippen LogP contribution in [0, 0.1) is 34.0 Å². The van der Waals surface area contributed by atoms with Gasteiger partial charge in [-0.1, -0.05) is 29.8 Å². The van der Waals surface area contributed by atoms with E-state index in [-0.39, 0.29) is 83.6 Å². The third kappa shape index (κ3) is 22.1. The van der Waals surface area contributed by atoms with E-state index in [2.05, 4.69) is 62.6 Å². The number of nitrogens with zero attached hydrogens (tertiary/aromatic N) is 15. The predicted octanol–water partition coefficient (Wildman–Crippen LogP) is 5.29. The van der Waals surface area contributed by atoms with Crippen LogP contribution in [0.5, 0.6) is 0 Å². The highest BCUT2D eigenvalue weighted by Crippen LogP contribution is 2.29. The summed E-state index contributed by atoms with van der Waals surface area (Å²) in [5.74, 6) is 1.17. The van der Waals surface area contributed by atoms with E-state index in [4.69, 9.17) is 59.5 Å². The number of aldehydes is 1. The van der Waals surface area contributed by atoms with Gasteiger partial charge in [-0.05, 0) is 29.3 Å². The zero-order chi connectivity index (χ0) is 75.2. The number of nitriles is 3. The average molecular weight is 1460 g/mol. The molecule has 0 aromatic carbocycles. The molecule has 36 nitrogen and oxygen atoms in total. The van der Waals surface area contributed by atoms with Crippen LogP contribution in [-0.4, -0.2) is 236 Å². The summed E-state index contributed by atoms with van der Waals surface area (Å²) in [5, 5.41) is 41.8. The molecule has 5 N–H and O–H groups in total. The smallest absolute Gasteiger partial charge is 0.328 e. The third-order valence-corrected chi connectivity index (χ3v) is 16.0. The van der Waals surface area contributed by atoms with Gasteiger partial charge in [0.05, 0.1) is 66.1 Å². The van der Waals surface area contributed by atoms with E-state index >= 15 is 0 Å². The molecular formula is C67H79ClN20O16. The summed E-state index contributed by atoms with van der Waals surface area (Å²) in [7, 11) is 13.7. The number of amides is 9. The highest BCUT2D eigenvalue weighted by atomic mass is 35.5. The molecule has 3 fully saturated rings. The van der Waals surface area contributed by atoms with Crippen molar-refractivity contribution in [1.82, 2.24) is 44.6 Å². The van der Waals surface area contributed by atoms with Gasteiger partial charge in [0, 0.05) is 159 Å². The van der Waals surface area contributed by atoms with Crippen molar-refractivity contribution >= 4 is 100.0 Å². The van der Waals surface area contributed by atoms with Crippen LogP contribution in [0.25, 0.3) is 0 Å². The molecule has 3 aliphatic heterocycles. The van der Waals surface area contributed by atoms with Crippen molar-refractivity contribution in [1.29, 1.82) is 15.8 Å². The van der Waals surface area contributed by atoms with Gasteiger partial charge in [0.25, 0.3) is 0 Å². The average Bonchev–Trinajstić information content (AvgIpc) is 0.819. The SMILES string of the molecule is COC(OC)c1nc(N(C)C(=O)Nc2cc(Cl)c(C#N)cn2)ccc1CN1CCOCC1=O.COCCNc1cc(NC(=O)N(C)c2ccc(CN3CCOCC3=O)c(C(OC)OC)n2)ncc1C#N.COCCNc1cc(NC(=O)N(C)c2ccc(CN3CCOCC3=O)c(C=O)n2)ncc1C#N. The van der Waals surface area contributed by atoms with Crippen molar-refractivity contribution < 1.29 is 76.2 Å². The molecule has 3 saturated heterocycles. The van der Waals surface area contributed by atoms with Crippen LogP contribution in [0.3, 0.4) is 0 Å². The monoisotopic (exact) mass is 1450 g/mol. The van der Waals surface area contributed by atoms with Crippen LogP contribution in [-0.2, 0) is 76.6 Å². The summed E-state index contributed by atoms with van der Waals surface area (Å²) in [6, 6.07) is 19.1. The number of morpholine rings is 3. The number of urea groups is 3. The molecule has 0 radical (unpaired) electrons. The third-order valence-electron chi connectivity index (χ3n) is 15.7. The number of methoxy groups -OCH3 is 6. The first-order chi connectivity index (χ1) is 50.2. The van der Waals surface area contributed by atoms with Crippen molar-refractivity contribution in [3.8, 4) is 18.2 Å². The molecule has 6 aromatic rings. The molecule has 0 bridgehead atoms. The van der Waals surface area contributed by atoms with Crippen LogP contribution in [0.4, 0.5) is 60.7 Å². The first-order valence-corrected chi connectivity index (χ1v) is 32.2. The zero-order valence-electron chi connectivity index (χ0n) is 58.6. The van der Waals surface area contributed by atoms with E-state index in [1.165, 1.54) is 81.9 Å². The number of hydrogen-bond donors (Lipinski definition) is 5. The van der Waals surface area contributed by atoms with Crippen molar-refractivity contribution in [2.75, 3.05) is 191 Å². The van der Waals surface area contributed by atoms with Crippen molar-refractivity contribution in [2.45, 2.75) is 32.2 Å². The second-order valence-corrected chi connectivity index (χ2v) is 22.8. The molecule has 3 aliphatic rings. The first kappa shape index (κ1) is 80.1. The standard InChI is InChI=1S/C24H31N7O6.C22H25N7O5.C21H23ClN6O5/c1-30(24(33)28-19-11-18(26-7-9-34-2)17(12-25)13-27-19)20-6-5-16(22(29-20)23(35-3)36-4)14-31-8-10-37-15-21(31)32;1-28(22(32)27-19-9-17(24-5-7-33-2)16(10-23)11-25-19)20-4-3-15(18(13-30)26-20)12-29-6-8-34-14-21(29)31;1-27(21(30)25-16-8-15(22)14(9-23)10-24-16)17-5-4-13(19(26-17)20(31-2)32-3)11-28-6-7-33-12-18(28)29/h5-6,11,13,23H,7-10,14-15H2,1-4H3,(H2,26,27,28,33);3-4,9,11,13H,5-8,12,14H2,1-2H3,(H2,24,25,27,32);4-5,8,10,20H,6-7,11-12H2,1-3H3,(H,24,25,30). The second kappa shape index (κ2) is 40.4. The van der Waals surface area contributed by atoms with Gasteiger partial charge in [-0.25, -0.2) is 44.3 Å². The number of aromatic nitrogens is 6.